The molecule has 1 aromatic carbocycles. The molecule has 3 rings (SSSR count). The summed E-state index contributed by atoms with van der Waals surface area (Å²) in [5, 5.41) is 11.2. The van der Waals surface area contributed by atoms with Gasteiger partial charge in [-0.15, -0.1) is 0 Å². The summed E-state index contributed by atoms with van der Waals surface area (Å²) in [6, 6.07) is 9.09. The minimum absolute atomic E-state index is 0.0107. The molecule has 0 radical (unpaired) electrons. The van der Waals surface area contributed by atoms with Crippen LogP contribution in [-0.4, -0.2) is 25.5 Å². The lowest BCUT2D eigenvalue weighted by Crippen LogP contribution is -2.16. The molecule has 2 aromatic heterocycles. The Bertz CT molecular complexity index is 1060. The summed E-state index contributed by atoms with van der Waals surface area (Å²) in [6.07, 6.45) is -4.61. The van der Waals surface area contributed by atoms with E-state index in [0.717, 1.165) is 15.9 Å². The number of aromatic nitrogens is 4. The number of rotatable bonds is 6. The van der Waals surface area contributed by atoms with E-state index in [1.54, 1.807) is 22.9 Å². The average Bonchev–Trinajstić information content (AvgIpc) is 3.15. The Hall–Kier alpha value is -2.33. The number of hydrogen-bond donors (Lipinski definition) is 1. The maximum Gasteiger partial charge on any atom is 0.436 e. The Balaban J connectivity index is 1.61. The number of halogens is 5. The molecule has 6 nitrogen and oxygen atoms in total. The summed E-state index contributed by atoms with van der Waals surface area (Å²) in [6.45, 7) is 3.89. The van der Waals surface area contributed by atoms with Crippen LogP contribution in [0.5, 0.6) is 0 Å². The monoisotopic (exact) mass is 503 g/mol. The van der Waals surface area contributed by atoms with Crippen molar-refractivity contribution < 1.29 is 18.0 Å². The molecular formula is C19H18BrClF3N5O. The molecule has 2 heterocycles. The van der Waals surface area contributed by atoms with Crippen LogP contribution < -0.4 is 5.32 Å². The molecule has 0 fully saturated rings. The number of carbonyl (C=O) groups is 1. The number of anilines is 1. The lowest BCUT2D eigenvalue weighted by Gasteiger charge is -2.06. The minimum Gasteiger partial charge on any atom is -0.309 e. The Morgan fingerprint density at radius 2 is 1.83 bits per heavy atom. The standard InChI is InChI=1S/C19H18BrClF3N5O/c1-11-9-15(26-29(11)10-13-3-5-14(21)6-4-13)25-16(30)7-8-28-12(2)17(20)18(27-28)19(22,23)24/h3-6,9H,7-8,10H2,1-2H3,(H,25,26,30). The third-order valence-electron chi connectivity index (χ3n) is 4.45. The highest BCUT2D eigenvalue weighted by atomic mass is 79.9. The highest BCUT2D eigenvalue weighted by Gasteiger charge is 2.37. The molecule has 3 aromatic rings. The van der Waals surface area contributed by atoms with E-state index in [9.17, 15) is 18.0 Å². The number of hydrogen-bond acceptors (Lipinski definition) is 3. The number of nitrogens with one attached hydrogen (secondary N) is 1. The Kier molecular flexibility index (Phi) is 6.56. The third-order valence-corrected chi connectivity index (χ3v) is 5.65. The predicted molar refractivity (Wildman–Crippen MR) is 110 cm³/mol. The van der Waals surface area contributed by atoms with Gasteiger partial charge in [-0.3, -0.25) is 14.2 Å². The predicted octanol–water partition coefficient (Wildman–Crippen LogP) is 5.21. The van der Waals surface area contributed by atoms with Gasteiger partial charge in [0.05, 0.1) is 23.3 Å². The maximum absolute atomic E-state index is 12.9. The van der Waals surface area contributed by atoms with Gasteiger partial charge in [0.15, 0.2) is 11.5 Å². The number of alkyl halides is 3. The number of carbonyl (C=O) groups excluding carboxylic acids is 1. The fourth-order valence-corrected chi connectivity index (χ4v) is 3.46. The molecule has 1 N–H and O–H groups in total. The highest BCUT2D eigenvalue weighted by Crippen LogP contribution is 2.35. The average molecular weight is 505 g/mol. The van der Waals surface area contributed by atoms with Gasteiger partial charge in [0.2, 0.25) is 5.91 Å². The minimum atomic E-state index is -4.56. The van der Waals surface area contributed by atoms with Crippen LogP contribution in [0.15, 0.2) is 34.8 Å². The summed E-state index contributed by atoms with van der Waals surface area (Å²) in [4.78, 5) is 12.3. The van der Waals surface area contributed by atoms with E-state index >= 15 is 0 Å². The van der Waals surface area contributed by atoms with Crippen LogP contribution in [0.3, 0.4) is 0 Å². The SMILES string of the molecule is Cc1cc(NC(=O)CCn2nc(C(F)(F)F)c(Br)c2C)nn1Cc1ccc(Cl)cc1. The molecule has 0 spiro atoms. The first-order valence-electron chi connectivity index (χ1n) is 8.93. The molecule has 0 saturated carbocycles. The van der Waals surface area contributed by atoms with Gasteiger partial charge < -0.3 is 5.32 Å². The lowest BCUT2D eigenvalue weighted by atomic mass is 10.2. The molecule has 0 aliphatic heterocycles. The van der Waals surface area contributed by atoms with Crippen molar-refractivity contribution in [1.82, 2.24) is 19.6 Å². The zero-order valence-corrected chi connectivity index (χ0v) is 18.4. The Morgan fingerprint density at radius 3 is 2.43 bits per heavy atom. The molecular weight excluding hydrogens is 487 g/mol. The van der Waals surface area contributed by atoms with Crippen LogP contribution in [0.2, 0.25) is 5.02 Å². The first-order valence-corrected chi connectivity index (χ1v) is 10.1. The van der Waals surface area contributed by atoms with Crippen molar-refractivity contribution in [3.05, 3.63) is 62.5 Å². The second kappa shape index (κ2) is 8.81. The molecule has 0 saturated heterocycles. The summed E-state index contributed by atoms with van der Waals surface area (Å²) in [5.74, 6) is 0.00605. The molecule has 11 heteroatoms. The first kappa shape index (κ1) is 22.4. The van der Waals surface area contributed by atoms with Gasteiger partial charge in [0.25, 0.3) is 0 Å². The Labute approximate surface area is 184 Å². The van der Waals surface area contributed by atoms with E-state index in [1.807, 2.05) is 19.1 Å². The van der Waals surface area contributed by atoms with Crippen molar-refractivity contribution in [2.75, 3.05) is 5.32 Å². The zero-order valence-electron chi connectivity index (χ0n) is 16.1. The number of nitrogens with zero attached hydrogens (tertiary/aromatic N) is 4. The molecule has 0 unspecified atom stereocenters. The van der Waals surface area contributed by atoms with Gasteiger partial charge in [-0.2, -0.15) is 23.4 Å². The van der Waals surface area contributed by atoms with Crippen molar-refractivity contribution in [1.29, 1.82) is 0 Å². The van der Waals surface area contributed by atoms with Crippen LogP contribution >= 0.6 is 27.5 Å². The smallest absolute Gasteiger partial charge is 0.309 e. The fourth-order valence-electron chi connectivity index (χ4n) is 2.83. The Morgan fingerprint density at radius 1 is 1.17 bits per heavy atom. The fraction of sp³-hybridized carbons (Fsp3) is 0.316. The van der Waals surface area contributed by atoms with Gasteiger partial charge in [0.1, 0.15) is 0 Å². The number of aryl methyl sites for hydroxylation is 2. The zero-order chi connectivity index (χ0) is 22.1. The summed E-state index contributed by atoms with van der Waals surface area (Å²) < 4.78 is 41.6. The molecule has 0 bridgehead atoms. The highest BCUT2D eigenvalue weighted by molar-refractivity contribution is 9.10. The van der Waals surface area contributed by atoms with Crippen molar-refractivity contribution in [3.8, 4) is 0 Å². The normalized spacial score (nSPS) is 11.7. The molecule has 160 valence electrons. The van der Waals surface area contributed by atoms with Crippen molar-refractivity contribution >= 4 is 39.3 Å². The summed E-state index contributed by atoms with van der Waals surface area (Å²) in [7, 11) is 0. The van der Waals surface area contributed by atoms with E-state index in [1.165, 1.54) is 6.92 Å². The third kappa shape index (κ3) is 5.23. The summed E-state index contributed by atoms with van der Waals surface area (Å²) >= 11 is 8.80. The van der Waals surface area contributed by atoms with Gasteiger partial charge in [-0.1, -0.05) is 23.7 Å². The molecule has 0 atom stereocenters. The lowest BCUT2D eigenvalue weighted by molar-refractivity contribution is -0.142. The van der Waals surface area contributed by atoms with Gasteiger partial charge >= 0.3 is 6.18 Å². The molecule has 1 amide bonds. The van der Waals surface area contributed by atoms with Crippen molar-refractivity contribution in [2.45, 2.75) is 39.5 Å². The molecule has 0 aliphatic carbocycles. The van der Waals surface area contributed by atoms with Gasteiger partial charge in [0, 0.05) is 23.2 Å². The van der Waals surface area contributed by atoms with E-state index < -0.39 is 11.9 Å². The van der Waals surface area contributed by atoms with Crippen LogP contribution in [-0.2, 0) is 24.1 Å². The second-order valence-electron chi connectivity index (χ2n) is 6.72. The van der Waals surface area contributed by atoms with Crippen LogP contribution in [0.1, 0.15) is 29.1 Å². The van der Waals surface area contributed by atoms with E-state index in [0.29, 0.717) is 23.1 Å². The van der Waals surface area contributed by atoms with Gasteiger partial charge in [-0.05, 0) is 47.5 Å². The first-order chi connectivity index (χ1) is 14.0. The van der Waals surface area contributed by atoms with Crippen molar-refractivity contribution in [3.63, 3.8) is 0 Å². The van der Waals surface area contributed by atoms with Crippen LogP contribution in [0, 0.1) is 13.8 Å². The molecule has 0 aliphatic rings. The van der Waals surface area contributed by atoms with Crippen molar-refractivity contribution in [2.24, 2.45) is 0 Å². The maximum atomic E-state index is 12.9. The van der Waals surface area contributed by atoms with E-state index in [4.69, 9.17) is 11.6 Å². The number of benzene rings is 1. The quantitative estimate of drug-likeness (QED) is 0.501. The second-order valence-corrected chi connectivity index (χ2v) is 7.95. The van der Waals surface area contributed by atoms with E-state index in [-0.39, 0.29) is 23.3 Å². The van der Waals surface area contributed by atoms with Gasteiger partial charge in [-0.25, -0.2) is 0 Å². The van der Waals surface area contributed by atoms with Crippen LogP contribution in [0.4, 0.5) is 19.0 Å². The largest absolute Gasteiger partial charge is 0.436 e. The summed E-state index contributed by atoms with van der Waals surface area (Å²) in [5.41, 5.74) is 1.15. The van der Waals surface area contributed by atoms with E-state index in [2.05, 4.69) is 31.4 Å². The van der Waals surface area contributed by atoms with Crippen LogP contribution in [0.25, 0.3) is 0 Å². The molecule has 30 heavy (non-hydrogen) atoms. The topological polar surface area (TPSA) is 64.7 Å². The number of amides is 1.